The number of nitriles is 4. The van der Waals surface area contributed by atoms with Crippen molar-refractivity contribution in [3.8, 4) is 91.8 Å². The van der Waals surface area contributed by atoms with E-state index in [9.17, 15) is 21.0 Å². The summed E-state index contributed by atoms with van der Waals surface area (Å²) in [6.45, 7) is 9.36. The number of para-hydroxylation sites is 6. The van der Waals surface area contributed by atoms with Gasteiger partial charge in [0.2, 0.25) is 0 Å². The minimum Gasteiger partial charge on any atom is -0.309 e. The Balaban J connectivity index is 0.616. The topological polar surface area (TPSA) is 125 Å². The second-order valence-corrected chi connectivity index (χ2v) is 36.9. The van der Waals surface area contributed by atoms with Crippen molar-refractivity contribution in [3.63, 3.8) is 0 Å². The Hall–Kier alpha value is -17.8. The summed E-state index contributed by atoms with van der Waals surface area (Å²) >= 11 is 0. The van der Waals surface area contributed by atoms with Gasteiger partial charge in [0.1, 0.15) is 24.3 Å². The predicted octanol–water partition coefficient (Wildman–Crippen LogP) is 30.6. The van der Waals surface area contributed by atoms with E-state index < -0.39 is 10.8 Å². The number of aromatic nitrogens is 6. The third-order valence-electron chi connectivity index (χ3n) is 29.8. The lowest BCUT2D eigenvalue weighted by molar-refractivity contribution is 0.664. The summed E-state index contributed by atoms with van der Waals surface area (Å²) < 4.78 is 13.8. The van der Waals surface area contributed by atoms with Crippen molar-refractivity contribution in [2.45, 2.75) is 38.5 Å². The maximum atomic E-state index is 11.9. The molecular formula is C122H72N10. The van der Waals surface area contributed by atoms with Crippen molar-refractivity contribution in [3.05, 3.63) is 408 Å². The predicted molar refractivity (Wildman–Crippen MR) is 542 cm³/mol. The van der Waals surface area contributed by atoms with Crippen LogP contribution in [0.2, 0.25) is 0 Å². The molecule has 10 nitrogen and oxygen atoms in total. The fourth-order valence-electron chi connectivity index (χ4n) is 24.4. The molecule has 2 aliphatic carbocycles. The van der Waals surface area contributed by atoms with Gasteiger partial charge >= 0.3 is 0 Å². The van der Waals surface area contributed by atoms with E-state index in [1.807, 2.05) is 24.3 Å². The summed E-state index contributed by atoms with van der Waals surface area (Å²) in [6.07, 6.45) is 0. The highest BCUT2D eigenvalue weighted by Crippen LogP contribution is 2.59. The number of nitrogens with zero attached hydrogens (tertiary/aromatic N) is 10. The van der Waals surface area contributed by atoms with Crippen LogP contribution in [0.3, 0.4) is 0 Å². The van der Waals surface area contributed by atoms with Crippen LogP contribution in [-0.4, -0.2) is 27.4 Å². The molecule has 20 aromatic carbocycles. The van der Waals surface area contributed by atoms with Gasteiger partial charge in [0.15, 0.2) is 0 Å². The zero-order valence-corrected chi connectivity index (χ0v) is 72.1. The molecule has 0 aliphatic heterocycles. The summed E-state index contributed by atoms with van der Waals surface area (Å²) in [5.41, 5.74) is 29.1. The molecule has 6 aromatic heterocycles. The molecule has 2 aliphatic rings. The van der Waals surface area contributed by atoms with Crippen LogP contribution in [-0.2, 0) is 10.8 Å². The van der Waals surface area contributed by atoms with Gasteiger partial charge in [-0.1, -0.05) is 282 Å². The highest BCUT2D eigenvalue weighted by molar-refractivity contribution is 6.29. The molecule has 0 saturated carbocycles. The third kappa shape index (κ3) is 9.50. The first-order valence-corrected chi connectivity index (χ1v) is 45.0. The summed E-state index contributed by atoms with van der Waals surface area (Å²) in [5, 5.41) is 69.5. The van der Waals surface area contributed by atoms with Gasteiger partial charge in [0, 0.05) is 86.8 Å². The van der Waals surface area contributed by atoms with E-state index in [0.29, 0.717) is 45.0 Å². The van der Waals surface area contributed by atoms with E-state index in [-0.39, 0.29) is 0 Å². The Morgan fingerprint density at radius 2 is 0.530 bits per heavy atom. The van der Waals surface area contributed by atoms with Crippen molar-refractivity contribution < 1.29 is 0 Å². The average molecular weight is 1680 g/mol. The van der Waals surface area contributed by atoms with Gasteiger partial charge in [0.05, 0.1) is 111 Å². The Bertz CT molecular complexity index is 10000. The molecule has 0 spiro atoms. The van der Waals surface area contributed by atoms with Gasteiger partial charge in [-0.05, 0) is 208 Å². The van der Waals surface area contributed by atoms with E-state index in [2.05, 4.69) is 419 Å². The molecule has 0 N–H and O–H groups in total. The molecule has 0 fully saturated rings. The molecule has 610 valence electrons. The summed E-state index contributed by atoms with van der Waals surface area (Å²) in [6, 6.07) is 141. The SMILES string of the molecule is CC1(C)c2ccc3ccccc3c2-c2ccc3c4ccccc4n(-c4cc(C#N)c(-n5c6ccccc6c6ccc7c(c65)C(C)(C)c5ccc6c(-c8cccc9c8ccc8c9c9cc%10c(cc9n8-c8ccccc8)c8ccccc8n%10-c8cc(C#N)c(-n9c%10ccccc%10c%10cc%11c(cc%109)c9c%10ccccc%10ccc9n%11-c9ccccc9)cc8C#N)cccc6c5-7)cc4C#N)c3c21. The average Bonchev–Trinajstić information content (AvgIpc) is 1.52. The Morgan fingerprint density at radius 1 is 0.205 bits per heavy atom. The van der Waals surface area contributed by atoms with Crippen molar-refractivity contribution in [1.29, 1.82) is 21.0 Å². The molecule has 26 aromatic rings. The normalized spacial score (nSPS) is 13.2. The van der Waals surface area contributed by atoms with Gasteiger partial charge in [-0.25, -0.2) is 0 Å². The number of benzene rings is 20. The maximum Gasteiger partial charge on any atom is 0.101 e. The van der Waals surface area contributed by atoms with Crippen LogP contribution in [0.1, 0.15) is 72.2 Å². The van der Waals surface area contributed by atoms with Crippen molar-refractivity contribution in [2.24, 2.45) is 0 Å². The lowest BCUT2D eigenvalue weighted by Crippen LogP contribution is -2.17. The monoisotopic (exact) mass is 1680 g/mol. The number of hydrogen-bond acceptors (Lipinski definition) is 4. The number of fused-ring (bicyclic) bond motifs is 34. The molecule has 0 radical (unpaired) electrons. The van der Waals surface area contributed by atoms with E-state index >= 15 is 0 Å². The Kier molecular flexibility index (Phi) is 14.7. The van der Waals surface area contributed by atoms with Crippen LogP contribution in [0, 0.1) is 45.3 Å². The van der Waals surface area contributed by atoms with Crippen LogP contribution in [0.25, 0.3) is 241 Å². The van der Waals surface area contributed by atoms with Crippen LogP contribution in [0.4, 0.5) is 0 Å². The second kappa shape index (κ2) is 26.4. The first-order chi connectivity index (χ1) is 64.9. The molecular weight excluding hydrogens is 1610 g/mol. The zero-order chi connectivity index (χ0) is 87.7. The molecule has 6 heterocycles. The van der Waals surface area contributed by atoms with Crippen LogP contribution >= 0.6 is 0 Å². The van der Waals surface area contributed by atoms with E-state index in [4.69, 9.17) is 0 Å². The molecule has 0 saturated heterocycles. The molecule has 0 amide bonds. The number of hydrogen-bond donors (Lipinski definition) is 0. The van der Waals surface area contributed by atoms with E-state index in [0.717, 1.165) is 197 Å². The molecule has 132 heavy (non-hydrogen) atoms. The van der Waals surface area contributed by atoms with Gasteiger partial charge in [-0.2, -0.15) is 21.0 Å². The highest BCUT2D eigenvalue weighted by Gasteiger charge is 2.43. The molecule has 0 atom stereocenters. The van der Waals surface area contributed by atoms with Gasteiger partial charge in [-0.15, -0.1) is 0 Å². The summed E-state index contributed by atoms with van der Waals surface area (Å²) in [7, 11) is 0. The van der Waals surface area contributed by atoms with Crippen LogP contribution in [0.15, 0.2) is 364 Å². The van der Waals surface area contributed by atoms with Crippen molar-refractivity contribution in [2.75, 3.05) is 0 Å². The lowest BCUT2D eigenvalue weighted by atomic mass is 9.80. The maximum absolute atomic E-state index is 11.9. The van der Waals surface area contributed by atoms with Crippen molar-refractivity contribution in [1.82, 2.24) is 27.4 Å². The fraction of sp³-hybridized carbons (Fsp3) is 0.0492. The zero-order valence-electron chi connectivity index (χ0n) is 72.1. The van der Waals surface area contributed by atoms with E-state index in [1.165, 1.54) is 44.2 Å². The molecule has 10 heteroatoms. The molecule has 0 unspecified atom stereocenters. The fourth-order valence-corrected chi connectivity index (χ4v) is 24.4. The summed E-state index contributed by atoms with van der Waals surface area (Å²) in [4.78, 5) is 0. The molecule has 0 bridgehead atoms. The first-order valence-electron chi connectivity index (χ1n) is 45.0. The van der Waals surface area contributed by atoms with Crippen LogP contribution in [0.5, 0.6) is 0 Å². The third-order valence-corrected chi connectivity index (χ3v) is 29.8. The minimum atomic E-state index is -0.553. The minimum absolute atomic E-state index is 0.416. The summed E-state index contributed by atoms with van der Waals surface area (Å²) in [5.74, 6) is 0. The second-order valence-electron chi connectivity index (χ2n) is 36.9. The highest BCUT2D eigenvalue weighted by atomic mass is 15.0. The van der Waals surface area contributed by atoms with Crippen LogP contribution < -0.4 is 0 Å². The van der Waals surface area contributed by atoms with Crippen molar-refractivity contribution >= 4 is 174 Å². The Morgan fingerprint density at radius 3 is 1.01 bits per heavy atom. The first kappa shape index (κ1) is 73.4. The van der Waals surface area contributed by atoms with Gasteiger partial charge in [0.25, 0.3) is 0 Å². The smallest absolute Gasteiger partial charge is 0.101 e. The standard InChI is InChI=1S/C122H72N10/c1-121(2)97-53-45-69-25-11-13-31-77(69)113(97)91-49-47-89-83-33-15-21-43-101(83)131(119(89)117(91)121)107-59-74(68-126)108(60-73(107)67-125)132-102-44-22-16-34-84(102)90-48-50-92-114-87-39-23-37-79(81(87)51-54-98(114)122(3,4)118(92)120(90)132)80-38-24-40-88-82(80)52-56-104-116(88)96-64-110-94(62-112(96)128(104)76-29-9-6-10-30-76)86-36-18-20-42-100(86)130(110)106-58-71(65-123)105(57-72(106)66-124)129-99-41-19-17-35-85(99)93-61-111-95(63-109(93)129)115-78-32-14-12-26-70(78)46-55-103(115)127(111)75-27-7-5-8-28-75/h5-64H,1-4H3. The number of rotatable bonds is 7. The molecule has 28 rings (SSSR count). The van der Waals surface area contributed by atoms with Gasteiger partial charge in [-0.3, -0.25) is 0 Å². The van der Waals surface area contributed by atoms with E-state index in [1.54, 1.807) is 0 Å². The quantitative estimate of drug-likeness (QED) is 0.158. The largest absolute Gasteiger partial charge is 0.309 e. The Labute approximate surface area is 756 Å². The van der Waals surface area contributed by atoms with Gasteiger partial charge < -0.3 is 27.4 Å². The lowest BCUT2D eigenvalue weighted by Gasteiger charge is -2.25.